The first-order valence-corrected chi connectivity index (χ1v) is 7.54. The molecule has 140 valence electrons. The summed E-state index contributed by atoms with van der Waals surface area (Å²) in [5.74, 6) is -1.62. The molecule has 0 N–H and O–H groups in total. The fourth-order valence-corrected chi connectivity index (χ4v) is 1.54. The van der Waals surface area contributed by atoms with E-state index in [1.807, 2.05) is 0 Å². The zero-order valence-electron chi connectivity index (χ0n) is 14.4. The van der Waals surface area contributed by atoms with Crippen molar-refractivity contribution in [2.24, 2.45) is 10.6 Å². The first-order chi connectivity index (χ1) is 12.0. The SMILES string of the molecule is CCC(C)(C)C(=O)OCC(=O)O/N=C(\C#N)c1ccc(C(F)(F)F)cc1. The zero-order chi connectivity index (χ0) is 20.0. The smallest absolute Gasteiger partial charge is 0.416 e. The van der Waals surface area contributed by atoms with Gasteiger partial charge in [-0.2, -0.15) is 18.4 Å². The minimum absolute atomic E-state index is 0.0393. The first kappa shape index (κ1) is 21.2. The third-order valence-corrected chi connectivity index (χ3v) is 3.59. The Morgan fingerprint density at radius 2 is 1.77 bits per heavy atom. The largest absolute Gasteiger partial charge is 0.453 e. The maximum absolute atomic E-state index is 12.5. The molecule has 0 saturated heterocycles. The Morgan fingerprint density at radius 3 is 2.23 bits per heavy atom. The predicted molar refractivity (Wildman–Crippen MR) is 84.7 cm³/mol. The summed E-state index contributed by atoms with van der Waals surface area (Å²) in [4.78, 5) is 27.7. The van der Waals surface area contributed by atoms with E-state index in [0.29, 0.717) is 6.42 Å². The average Bonchev–Trinajstić information content (AvgIpc) is 2.59. The Hall–Kier alpha value is -2.89. The van der Waals surface area contributed by atoms with Crippen molar-refractivity contribution < 1.29 is 32.3 Å². The lowest BCUT2D eigenvalue weighted by Gasteiger charge is -2.19. The van der Waals surface area contributed by atoms with E-state index >= 15 is 0 Å². The van der Waals surface area contributed by atoms with Crippen molar-refractivity contribution >= 4 is 17.7 Å². The molecule has 1 rings (SSSR count). The molecule has 6 nitrogen and oxygen atoms in total. The Morgan fingerprint density at radius 1 is 1.19 bits per heavy atom. The summed E-state index contributed by atoms with van der Waals surface area (Å²) in [5, 5.41) is 12.3. The molecule has 0 fully saturated rings. The van der Waals surface area contributed by atoms with Gasteiger partial charge in [-0.25, -0.2) is 4.79 Å². The standard InChI is InChI=1S/C17H17F3N2O4/c1-4-16(2,3)15(24)25-10-14(23)26-22-13(9-21)11-5-7-12(8-6-11)17(18,19)20/h5-8H,4,10H2,1-3H3/b22-13+. The van der Waals surface area contributed by atoms with Crippen molar-refractivity contribution in [3.05, 3.63) is 35.4 Å². The predicted octanol–water partition coefficient (Wildman–Crippen LogP) is 3.46. The van der Waals surface area contributed by atoms with Gasteiger partial charge in [0.25, 0.3) is 0 Å². The molecule has 0 aliphatic rings. The number of rotatable bonds is 6. The van der Waals surface area contributed by atoms with Crippen molar-refractivity contribution in [1.29, 1.82) is 5.26 Å². The summed E-state index contributed by atoms with van der Waals surface area (Å²) in [6.07, 6.45) is -4.00. The number of hydrogen-bond donors (Lipinski definition) is 0. The molecule has 26 heavy (non-hydrogen) atoms. The second-order valence-corrected chi connectivity index (χ2v) is 5.90. The van der Waals surface area contributed by atoms with Crippen LogP contribution in [0, 0.1) is 16.7 Å². The highest BCUT2D eigenvalue weighted by atomic mass is 19.4. The van der Waals surface area contributed by atoms with E-state index in [0.717, 1.165) is 24.3 Å². The molecule has 9 heteroatoms. The summed E-state index contributed by atoms with van der Waals surface area (Å²) >= 11 is 0. The van der Waals surface area contributed by atoms with Crippen molar-refractivity contribution in [1.82, 2.24) is 0 Å². The molecule has 1 aromatic carbocycles. The number of carbonyl (C=O) groups excluding carboxylic acids is 2. The molecule has 0 aliphatic heterocycles. The molecule has 0 heterocycles. The number of nitrogens with zero attached hydrogens (tertiary/aromatic N) is 2. The lowest BCUT2D eigenvalue weighted by atomic mass is 9.91. The maximum Gasteiger partial charge on any atom is 0.416 e. The fourth-order valence-electron chi connectivity index (χ4n) is 1.54. The molecule has 0 unspecified atom stereocenters. The normalized spacial score (nSPS) is 12.3. The number of esters is 1. The van der Waals surface area contributed by atoms with Gasteiger partial charge in [0.15, 0.2) is 12.3 Å². The molecule has 0 spiro atoms. The maximum atomic E-state index is 12.5. The fraction of sp³-hybridized carbons (Fsp3) is 0.412. The summed E-state index contributed by atoms with van der Waals surface area (Å²) in [6.45, 7) is 4.39. The van der Waals surface area contributed by atoms with Crippen LogP contribution in [0.2, 0.25) is 0 Å². The van der Waals surface area contributed by atoms with Crippen LogP contribution in [-0.4, -0.2) is 24.3 Å². The second kappa shape index (κ2) is 8.47. The van der Waals surface area contributed by atoms with Crippen LogP contribution in [-0.2, 0) is 25.3 Å². The van der Waals surface area contributed by atoms with Crippen LogP contribution in [0.4, 0.5) is 13.2 Å². The minimum atomic E-state index is -4.51. The molecular weight excluding hydrogens is 353 g/mol. The number of oxime groups is 1. The summed E-state index contributed by atoms with van der Waals surface area (Å²) in [6, 6.07) is 5.23. The van der Waals surface area contributed by atoms with Crippen molar-refractivity contribution in [3.8, 4) is 6.07 Å². The van der Waals surface area contributed by atoms with Gasteiger partial charge < -0.3 is 9.57 Å². The minimum Gasteiger partial charge on any atom is -0.453 e. The lowest BCUT2D eigenvalue weighted by Crippen LogP contribution is -2.28. The van der Waals surface area contributed by atoms with Crippen molar-refractivity contribution in [2.45, 2.75) is 33.4 Å². The van der Waals surface area contributed by atoms with E-state index in [-0.39, 0.29) is 5.56 Å². The van der Waals surface area contributed by atoms with Crippen LogP contribution < -0.4 is 0 Å². The summed E-state index contributed by atoms with van der Waals surface area (Å²) < 4.78 is 42.3. The van der Waals surface area contributed by atoms with E-state index in [9.17, 15) is 22.8 Å². The van der Waals surface area contributed by atoms with Crippen LogP contribution in [0.5, 0.6) is 0 Å². The van der Waals surface area contributed by atoms with Gasteiger partial charge in [0.05, 0.1) is 11.0 Å². The van der Waals surface area contributed by atoms with Crippen LogP contribution in [0.1, 0.15) is 38.3 Å². The Balaban J connectivity index is 2.72. The number of ether oxygens (including phenoxy) is 1. The number of alkyl halides is 3. The van der Waals surface area contributed by atoms with Crippen LogP contribution >= 0.6 is 0 Å². The Kier molecular flexibility index (Phi) is 6.89. The van der Waals surface area contributed by atoms with Crippen LogP contribution in [0.3, 0.4) is 0 Å². The van der Waals surface area contributed by atoms with Gasteiger partial charge in [0.2, 0.25) is 0 Å². The van der Waals surface area contributed by atoms with Crippen LogP contribution in [0.25, 0.3) is 0 Å². The average molecular weight is 370 g/mol. The molecule has 0 bridgehead atoms. The second-order valence-electron chi connectivity index (χ2n) is 5.90. The highest BCUT2D eigenvalue weighted by Gasteiger charge is 2.30. The third kappa shape index (κ3) is 5.88. The Labute approximate surface area is 148 Å². The first-order valence-electron chi connectivity index (χ1n) is 7.54. The van der Waals surface area contributed by atoms with Gasteiger partial charge in [0.1, 0.15) is 6.07 Å². The van der Waals surface area contributed by atoms with Crippen molar-refractivity contribution in [3.63, 3.8) is 0 Å². The van der Waals surface area contributed by atoms with E-state index in [4.69, 9.17) is 10.00 Å². The summed E-state index contributed by atoms with van der Waals surface area (Å²) in [5.41, 5.74) is -2.01. The molecule has 0 saturated carbocycles. The number of nitriles is 1. The topological polar surface area (TPSA) is 88.8 Å². The lowest BCUT2D eigenvalue weighted by molar-refractivity contribution is -0.164. The van der Waals surface area contributed by atoms with Gasteiger partial charge in [-0.15, -0.1) is 0 Å². The van der Waals surface area contributed by atoms with Gasteiger partial charge in [-0.3, -0.25) is 4.79 Å². The Bertz CT molecular complexity index is 732. The molecule has 0 aliphatic carbocycles. The molecule has 0 atom stereocenters. The van der Waals surface area contributed by atoms with Gasteiger partial charge in [-0.05, 0) is 32.4 Å². The number of carbonyl (C=O) groups is 2. The highest BCUT2D eigenvalue weighted by molar-refractivity contribution is 6.11. The van der Waals surface area contributed by atoms with Gasteiger partial charge in [0, 0.05) is 5.56 Å². The van der Waals surface area contributed by atoms with Gasteiger partial charge >= 0.3 is 18.1 Å². The number of halogens is 3. The number of hydrogen-bond acceptors (Lipinski definition) is 6. The van der Waals surface area contributed by atoms with Crippen LogP contribution in [0.15, 0.2) is 29.4 Å². The quantitative estimate of drug-likeness (QED) is 0.331. The van der Waals surface area contributed by atoms with E-state index in [1.54, 1.807) is 26.8 Å². The van der Waals surface area contributed by atoms with Crippen molar-refractivity contribution in [2.75, 3.05) is 6.61 Å². The molecule has 1 aromatic rings. The summed E-state index contributed by atoms with van der Waals surface area (Å²) in [7, 11) is 0. The van der Waals surface area contributed by atoms with E-state index in [1.165, 1.54) is 0 Å². The highest BCUT2D eigenvalue weighted by Crippen LogP contribution is 2.29. The monoisotopic (exact) mass is 370 g/mol. The van der Waals surface area contributed by atoms with E-state index in [2.05, 4.69) is 9.99 Å². The molecular formula is C17H17F3N2O4. The molecule has 0 amide bonds. The van der Waals surface area contributed by atoms with Gasteiger partial charge in [-0.1, -0.05) is 24.2 Å². The number of benzene rings is 1. The zero-order valence-corrected chi connectivity index (χ0v) is 14.4. The molecule has 0 radical (unpaired) electrons. The third-order valence-electron chi connectivity index (χ3n) is 3.59. The molecule has 0 aromatic heterocycles. The van der Waals surface area contributed by atoms with E-state index < -0.39 is 41.4 Å².